The maximum Gasteiger partial charge on any atom is 0.233 e. The Balaban J connectivity index is 1.74. The van der Waals surface area contributed by atoms with Gasteiger partial charge in [0.15, 0.2) is 5.72 Å². The van der Waals surface area contributed by atoms with Crippen LogP contribution in [0.4, 0.5) is 5.69 Å². The van der Waals surface area contributed by atoms with Gasteiger partial charge in [-0.3, -0.25) is 9.69 Å². The average Bonchev–Trinajstić information content (AvgIpc) is 3.17. The lowest BCUT2D eigenvalue weighted by atomic mass is 9.77. The predicted octanol–water partition coefficient (Wildman–Crippen LogP) is 2.17. The minimum Gasteiger partial charge on any atom is -0.390 e. The van der Waals surface area contributed by atoms with E-state index < -0.39 is 11.8 Å². The number of hydrogen-bond acceptors (Lipinski definition) is 3. The van der Waals surface area contributed by atoms with Crippen LogP contribution >= 0.6 is 0 Å². The number of fused-ring (bicyclic) bond motifs is 2. The van der Waals surface area contributed by atoms with Crippen LogP contribution in [0.1, 0.15) is 17.5 Å². The summed E-state index contributed by atoms with van der Waals surface area (Å²) in [4.78, 5) is 15.2. The molecule has 2 saturated carbocycles. The van der Waals surface area contributed by atoms with Crippen LogP contribution in [-0.2, 0) is 9.53 Å². The molecule has 2 aliphatic carbocycles. The van der Waals surface area contributed by atoms with E-state index in [0.717, 1.165) is 23.2 Å². The molecule has 0 aromatic heterocycles. The maximum absolute atomic E-state index is 13.3. The van der Waals surface area contributed by atoms with Gasteiger partial charge in [-0.1, -0.05) is 24.8 Å². The third-order valence-corrected chi connectivity index (χ3v) is 6.66. The number of carbonyl (C=O) groups excluding carboxylic acids is 1. The molecule has 7 unspecified atom stereocenters. The standard InChI is InChI=1S/C19H21NO3/c1-4-19-14-12-8-11(16(21)17(12)23-19)13(14)18(22)20(19)15-9(2)6-5-7-10(15)3/h4-7,11-14,16-17,21H,1,8H2,2-3H3. The second kappa shape index (κ2) is 4.05. The summed E-state index contributed by atoms with van der Waals surface area (Å²) in [6, 6.07) is 6.07. The third-order valence-electron chi connectivity index (χ3n) is 6.66. The number of ether oxygens (including phenoxy) is 1. The zero-order chi connectivity index (χ0) is 16.1. The van der Waals surface area contributed by atoms with Crippen LogP contribution in [0.2, 0.25) is 0 Å². The Labute approximate surface area is 135 Å². The van der Waals surface area contributed by atoms with E-state index in [1.807, 2.05) is 36.9 Å². The highest BCUT2D eigenvalue weighted by atomic mass is 16.6. The van der Waals surface area contributed by atoms with Crippen LogP contribution in [0.15, 0.2) is 30.9 Å². The van der Waals surface area contributed by atoms with Crippen LogP contribution in [0.25, 0.3) is 0 Å². The highest BCUT2D eigenvalue weighted by molar-refractivity contribution is 6.02. The minimum atomic E-state index is -0.791. The first-order valence-corrected chi connectivity index (χ1v) is 8.41. The molecule has 2 aliphatic heterocycles. The normalized spacial score (nSPS) is 46.0. The molecule has 4 nitrogen and oxygen atoms in total. The monoisotopic (exact) mass is 311 g/mol. The molecule has 23 heavy (non-hydrogen) atoms. The number of anilines is 1. The summed E-state index contributed by atoms with van der Waals surface area (Å²) in [5.74, 6) is 0.405. The van der Waals surface area contributed by atoms with Crippen molar-refractivity contribution < 1.29 is 14.6 Å². The van der Waals surface area contributed by atoms with Gasteiger partial charge in [-0.05, 0) is 49.3 Å². The summed E-state index contributed by atoms with van der Waals surface area (Å²) in [6.45, 7) is 8.08. The molecule has 4 aliphatic rings. The van der Waals surface area contributed by atoms with Crippen molar-refractivity contribution in [2.75, 3.05) is 4.90 Å². The summed E-state index contributed by atoms with van der Waals surface area (Å²) in [5.41, 5.74) is 2.29. The molecule has 2 bridgehead atoms. The number of aryl methyl sites for hydroxylation is 2. The predicted molar refractivity (Wildman–Crippen MR) is 85.8 cm³/mol. The van der Waals surface area contributed by atoms with Gasteiger partial charge in [0.05, 0.1) is 23.8 Å². The lowest BCUT2D eigenvalue weighted by Crippen LogP contribution is -2.50. The molecule has 1 aromatic carbocycles. The van der Waals surface area contributed by atoms with E-state index in [9.17, 15) is 9.90 Å². The van der Waals surface area contributed by atoms with Gasteiger partial charge >= 0.3 is 0 Å². The van der Waals surface area contributed by atoms with Crippen molar-refractivity contribution in [2.45, 2.75) is 38.2 Å². The fourth-order valence-electron chi connectivity index (χ4n) is 5.92. The number of amides is 1. The van der Waals surface area contributed by atoms with E-state index in [0.29, 0.717) is 0 Å². The number of para-hydroxylation sites is 1. The average molecular weight is 311 g/mol. The van der Waals surface area contributed by atoms with Crippen molar-refractivity contribution in [1.29, 1.82) is 0 Å². The summed E-state index contributed by atoms with van der Waals surface area (Å²) >= 11 is 0. The van der Waals surface area contributed by atoms with Gasteiger partial charge in [0.2, 0.25) is 5.91 Å². The van der Waals surface area contributed by atoms with E-state index in [1.54, 1.807) is 6.08 Å². The van der Waals surface area contributed by atoms with Gasteiger partial charge < -0.3 is 9.84 Å². The fourth-order valence-corrected chi connectivity index (χ4v) is 5.92. The van der Waals surface area contributed by atoms with Crippen LogP contribution in [0, 0.1) is 37.5 Å². The Hall–Kier alpha value is -1.65. The van der Waals surface area contributed by atoms with Gasteiger partial charge in [-0.15, -0.1) is 0 Å². The zero-order valence-corrected chi connectivity index (χ0v) is 13.4. The Morgan fingerprint density at radius 2 is 2.04 bits per heavy atom. The molecule has 1 amide bonds. The molecule has 4 fully saturated rings. The topological polar surface area (TPSA) is 49.8 Å². The third kappa shape index (κ3) is 1.31. The first kappa shape index (κ1) is 13.8. The second-order valence-corrected chi connectivity index (χ2v) is 7.56. The molecule has 2 saturated heterocycles. The van der Waals surface area contributed by atoms with E-state index >= 15 is 0 Å². The van der Waals surface area contributed by atoms with Crippen molar-refractivity contribution in [2.24, 2.45) is 23.7 Å². The molecule has 1 aromatic rings. The minimum absolute atomic E-state index is 0.0404. The van der Waals surface area contributed by atoms with E-state index in [1.165, 1.54) is 0 Å². The van der Waals surface area contributed by atoms with Crippen molar-refractivity contribution in [3.05, 3.63) is 42.0 Å². The second-order valence-electron chi connectivity index (χ2n) is 7.56. The van der Waals surface area contributed by atoms with Gasteiger partial charge in [0.25, 0.3) is 0 Å². The first-order valence-electron chi connectivity index (χ1n) is 8.41. The van der Waals surface area contributed by atoms with Crippen LogP contribution in [0.5, 0.6) is 0 Å². The Morgan fingerprint density at radius 3 is 2.70 bits per heavy atom. The number of aliphatic hydroxyl groups is 1. The summed E-state index contributed by atoms with van der Waals surface area (Å²) in [6.07, 6.45) is 2.05. The molecular formula is C19H21NO3. The van der Waals surface area contributed by atoms with Gasteiger partial charge in [-0.2, -0.15) is 0 Å². The Morgan fingerprint density at radius 1 is 1.35 bits per heavy atom. The molecule has 1 N–H and O–H groups in total. The van der Waals surface area contributed by atoms with Gasteiger partial charge in [-0.25, -0.2) is 0 Å². The number of aliphatic hydroxyl groups excluding tert-OH is 1. The van der Waals surface area contributed by atoms with Crippen molar-refractivity contribution in [1.82, 2.24) is 0 Å². The molecule has 120 valence electrons. The number of carbonyl (C=O) groups is 1. The Kier molecular flexibility index (Phi) is 2.43. The molecule has 0 spiro atoms. The maximum atomic E-state index is 13.3. The van der Waals surface area contributed by atoms with Crippen LogP contribution in [0.3, 0.4) is 0 Å². The smallest absolute Gasteiger partial charge is 0.233 e. The number of hydrogen-bond donors (Lipinski definition) is 1. The Bertz CT molecular complexity index is 724. The van der Waals surface area contributed by atoms with Crippen molar-refractivity contribution in [3.63, 3.8) is 0 Å². The quantitative estimate of drug-likeness (QED) is 0.852. The number of nitrogens with zero attached hydrogens (tertiary/aromatic N) is 1. The van der Waals surface area contributed by atoms with Gasteiger partial charge in [0.1, 0.15) is 0 Å². The fraction of sp³-hybridized carbons (Fsp3) is 0.526. The lowest BCUT2D eigenvalue weighted by molar-refractivity contribution is -0.130. The molecular weight excluding hydrogens is 290 g/mol. The largest absolute Gasteiger partial charge is 0.390 e. The van der Waals surface area contributed by atoms with E-state index in [4.69, 9.17) is 4.74 Å². The molecule has 0 radical (unpaired) electrons. The van der Waals surface area contributed by atoms with Gasteiger partial charge in [0, 0.05) is 5.92 Å². The number of rotatable bonds is 2. The van der Waals surface area contributed by atoms with Crippen molar-refractivity contribution >= 4 is 11.6 Å². The highest BCUT2D eigenvalue weighted by Crippen LogP contribution is 2.68. The summed E-state index contributed by atoms with van der Waals surface area (Å²) < 4.78 is 6.36. The SMILES string of the molecule is C=CC12OC3C(O)C4CC3C1C4C(=O)N2c1c(C)cccc1C. The zero-order valence-electron chi connectivity index (χ0n) is 13.4. The van der Waals surface area contributed by atoms with E-state index in [2.05, 4.69) is 6.58 Å². The lowest BCUT2D eigenvalue weighted by Gasteiger charge is -2.38. The van der Waals surface area contributed by atoms with E-state index in [-0.39, 0.29) is 35.7 Å². The first-order chi connectivity index (χ1) is 11.0. The molecule has 4 heteroatoms. The molecule has 5 rings (SSSR count). The summed E-state index contributed by atoms with van der Waals surface area (Å²) in [5, 5.41) is 10.5. The molecule has 2 heterocycles. The van der Waals surface area contributed by atoms with Crippen molar-refractivity contribution in [3.8, 4) is 0 Å². The van der Waals surface area contributed by atoms with Crippen LogP contribution in [-0.4, -0.2) is 28.9 Å². The van der Waals surface area contributed by atoms with Crippen LogP contribution < -0.4 is 4.90 Å². The molecule has 7 atom stereocenters. The summed E-state index contributed by atoms with van der Waals surface area (Å²) in [7, 11) is 0. The number of benzene rings is 1. The highest BCUT2D eigenvalue weighted by Gasteiger charge is 2.78.